The molecule has 0 aliphatic heterocycles. The molecule has 0 atom stereocenters. The fourth-order valence-electron chi connectivity index (χ4n) is 1.66. The van der Waals surface area contributed by atoms with Crippen molar-refractivity contribution in [2.45, 2.75) is 46.5 Å². The molecule has 1 radical (unpaired) electrons. The number of aryl methyl sites for hydroxylation is 1. The van der Waals surface area contributed by atoms with Gasteiger partial charge in [0.2, 0.25) is 0 Å². The number of hydrogen-bond acceptors (Lipinski definition) is 0. The molecule has 77 valence electrons. The molecule has 0 fully saturated rings. The number of benzene rings is 1. The Bertz CT molecular complexity index is 260. The van der Waals surface area contributed by atoms with Gasteiger partial charge in [-0.15, -0.1) is 0 Å². The fraction of sp³-hybridized carbons (Fsp3) is 0.571. The molecular weight excluding hydrogens is 168 g/mol. The lowest BCUT2D eigenvalue weighted by Gasteiger charge is -2.06. The summed E-state index contributed by atoms with van der Waals surface area (Å²) in [6.45, 7) is 6.75. The van der Waals surface area contributed by atoms with Gasteiger partial charge in [-0.1, -0.05) is 45.4 Å². The van der Waals surface area contributed by atoms with E-state index < -0.39 is 0 Å². The highest BCUT2D eigenvalue weighted by Crippen LogP contribution is 2.11. The fourth-order valence-corrected chi connectivity index (χ4v) is 1.66. The summed E-state index contributed by atoms with van der Waals surface area (Å²) in [5, 5.41) is 0. The van der Waals surface area contributed by atoms with Gasteiger partial charge in [0.1, 0.15) is 0 Å². The van der Waals surface area contributed by atoms with Crippen molar-refractivity contribution in [3.63, 3.8) is 0 Å². The second kappa shape index (κ2) is 5.85. The molecule has 0 aromatic heterocycles. The summed E-state index contributed by atoms with van der Waals surface area (Å²) >= 11 is 0. The molecule has 0 amide bonds. The first-order valence-corrected chi connectivity index (χ1v) is 5.72. The SMILES string of the molecule is CCCCc1cc[c]c(CC(C)C)c1. The Kier molecular flexibility index (Phi) is 4.72. The maximum absolute atomic E-state index is 3.32. The third-order valence-corrected chi connectivity index (χ3v) is 2.37. The minimum Gasteiger partial charge on any atom is -0.0654 e. The lowest BCUT2D eigenvalue weighted by atomic mass is 9.99. The Balaban J connectivity index is 2.59. The van der Waals surface area contributed by atoms with Crippen molar-refractivity contribution >= 4 is 0 Å². The predicted molar refractivity (Wildman–Crippen MR) is 62.4 cm³/mol. The smallest absolute Gasteiger partial charge is 0.0149 e. The molecule has 0 saturated carbocycles. The van der Waals surface area contributed by atoms with Crippen LogP contribution in [0.1, 0.15) is 44.7 Å². The predicted octanol–water partition coefficient (Wildman–Crippen LogP) is 4.03. The molecule has 1 rings (SSSR count). The minimum absolute atomic E-state index is 0.729. The number of rotatable bonds is 5. The standard InChI is InChI=1S/C14H21/c1-4-5-7-13-8-6-9-14(11-13)10-12(2)3/h6,8,11-12H,4-5,7,10H2,1-3H3. The quantitative estimate of drug-likeness (QED) is 0.656. The Morgan fingerprint density at radius 2 is 2.14 bits per heavy atom. The highest BCUT2D eigenvalue weighted by Gasteiger charge is 1.99. The van der Waals surface area contributed by atoms with Gasteiger partial charge in [0.15, 0.2) is 0 Å². The lowest BCUT2D eigenvalue weighted by molar-refractivity contribution is 0.646. The van der Waals surface area contributed by atoms with Gasteiger partial charge < -0.3 is 0 Å². The van der Waals surface area contributed by atoms with E-state index in [0.717, 1.165) is 12.3 Å². The van der Waals surface area contributed by atoms with Gasteiger partial charge in [-0.05, 0) is 42.4 Å². The summed E-state index contributed by atoms with van der Waals surface area (Å²) < 4.78 is 0. The molecule has 0 N–H and O–H groups in total. The number of hydrogen-bond donors (Lipinski definition) is 0. The van der Waals surface area contributed by atoms with Crippen molar-refractivity contribution in [2.24, 2.45) is 5.92 Å². The zero-order chi connectivity index (χ0) is 10.4. The molecule has 0 aliphatic carbocycles. The topological polar surface area (TPSA) is 0 Å². The molecule has 14 heavy (non-hydrogen) atoms. The summed E-state index contributed by atoms with van der Waals surface area (Å²) in [7, 11) is 0. The summed E-state index contributed by atoms with van der Waals surface area (Å²) in [6, 6.07) is 9.90. The van der Waals surface area contributed by atoms with E-state index in [1.165, 1.54) is 30.4 Å². The normalized spacial score (nSPS) is 10.9. The maximum atomic E-state index is 3.32. The van der Waals surface area contributed by atoms with Gasteiger partial charge in [-0.25, -0.2) is 0 Å². The van der Waals surface area contributed by atoms with Crippen molar-refractivity contribution in [2.75, 3.05) is 0 Å². The second-order valence-electron chi connectivity index (χ2n) is 4.42. The minimum atomic E-state index is 0.729. The number of unbranched alkanes of at least 4 members (excludes halogenated alkanes) is 1. The van der Waals surface area contributed by atoms with Gasteiger partial charge in [0.05, 0.1) is 0 Å². The van der Waals surface area contributed by atoms with Crippen molar-refractivity contribution in [3.05, 3.63) is 35.4 Å². The van der Waals surface area contributed by atoms with Crippen molar-refractivity contribution in [3.8, 4) is 0 Å². The van der Waals surface area contributed by atoms with Gasteiger partial charge in [0, 0.05) is 0 Å². The van der Waals surface area contributed by atoms with Crippen LogP contribution in [-0.4, -0.2) is 0 Å². The Labute approximate surface area is 88.4 Å². The first-order valence-electron chi connectivity index (χ1n) is 5.72. The van der Waals surface area contributed by atoms with Crippen LogP contribution in [0.2, 0.25) is 0 Å². The van der Waals surface area contributed by atoms with E-state index in [-0.39, 0.29) is 0 Å². The molecule has 0 heteroatoms. The Hall–Kier alpha value is -0.780. The molecule has 0 unspecified atom stereocenters. The Morgan fingerprint density at radius 3 is 2.79 bits per heavy atom. The van der Waals surface area contributed by atoms with E-state index in [1.54, 1.807) is 0 Å². The van der Waals surface area contributed by atoms with Gasteiger partial charge in [-0.2, -0.15) is 0 Å². The van der Waals surface area contributed by atoms with E-state index in [0.29, 0.717) is 0 Å². The van der Waals surface area contributed by atoms with Crippen LogP contribution >= 0.6 is 0 Å². The van der Waals surface area contributed by atoms with Gasteiger partial charge in [0.25, 0.3) is 0 Å². The Morgan fingerprint density at radius 1 is 1.36 bits per heavy atom. The molecule has 1 aromatic rings. The highest BCUT2D eigenvalue weighted by molar-refractivity contribution is 5.22. The third-order valence-electron chi connectivity index (χ3n) is 2.37. The molecular formula is C14H21. The molecule has 1 aromatic carbocycles. The molecule has 0 nitrogen and oxygen atoms in total. The summed E-state index contributed by atoms with van der Waals surface area (Å²) in [6.07, 6.45) is 4.94. The molecule has 0 aliphatic rings. The maximum Gasteiger partial charge on any atom is -0.0149 e. The average molecular weight is 189 g/mol. The van der Waals surface area contributed by atoms with Crippen molar-refractivity contribution in [1.82, 2.24) is 0 Å². The van der Waals surface area contributed by atoms with E-state index in [2.05, 4.69) is 45.0 Å². The molecule has 0 saturated heterocycles. The molecule has 0 spiro atoms. The largest absolute Gasteiger partial charge is 0.0654 e. The van der Waals surface area contributed by atoms with E-state index >= 15 is 0 Å². The first-order chi connectivity index (χ1) is 6.72. The van der Waals surface area contributed by atoms with Crippen LogP contribution in [0.5, 0.6) is 0 Å². The first kappa shape index (κ1) is 11.3. The molecule has 0 bridgehead atoms. The van der Waals surface area contributed by atoms with Crippen LogP contribution in [0.4, 0.5) is 0 Å². The van der Waals surface area contributed by atoms with Crippen LogP contribution in [0.15, 0.2) is 18.2 Å². The second-order valence-corrected chi connectivity index (χ2v) is 4.42. The van der Waals surface area contributed by atoms with Crippen LogP contribution < -0.4 is 0 Å². The zero-order valence-corrected chi connectivity index (χ0v) is 9.64. The van der Waals surface area contributed by atoms with Crippen molar-refractivity contribution < 1.29 is 0 Å². The van der Waals surface area contributed by atoms with E-state index in [4.69, 9.17) is 0 Å². The summed E-state index contributed by atoms with van der Waals surface area (Å²) in [5.74, 6) is 0.729. The van der Waals surface area contributed by atoms with Gasteiger partial charge >= 0.3 is 0 Å². The van der Waals surface area contributed by atoms with Crippen LogP contribution in [0.3, 0.4) is 0 Å². The highest BCUT2D eigenvalue weighted by atomic mass is 14.0. The van der Waals surface area contributed by atoms with Gasteiger partial charge in [-0.3, -0.25) is 0 Å². The average Bonchev–Trinajstić information content (AvgIpc) is 2.14. The summed E-state index contributed by atoms with van der Waals surface area (Å²) in [5.41, 5.74) is 2.84. The van der Waals surface area contributed by atoms with E-state index in [1.807, 2.05) is 0 Å². The van der Waals surface area contributed by atoms with Crippen LogP contribution in [0.25, 0.3) is 0 Å². The van der Waals surface area contributed by atoms with Crippen LogP contribution in [-0.2, 0) is 12.8 Å². The van der Waals surface area contributed by atoms with E-state index in [9.17, 15) is 0 Å². The van der Waals surface area contributed by atoms with Crippen LogP contribution in [0, 0.1) is 12.0 Å². The molecule has 0 heterocycles. The summed E-state index contributed by atoms with van der Waals surface area (Å²) in [4.78, 5) is 0. The van der Waals surface area contributed by atoms with Crippen molar-refractivity contribution in [1.29, 1.82) is 0 Å². The lowest BCUT2D eigenvalue weighted by Crippen LogP contribution is -1.95. The monoisotopic (exact) mass is 189 g/mol. The third kappa shape index (κ3) is 3.95. The zero-order valence-electron chi connectivity index (χ0n) is 9.64.